The van der Waals surface area contributed by atoms with E-state index < -0.39 is 15.8 Å². The molecule has 0 radical (unpaired) electrons. The molecule has 0 saturated heterocycles. The second-order valence-corrected chi connectivity index (χ2v) is 6.22. The number of nitrogens with zero attached hydrogens (tertiary/aromatic N) is 2. The van der Waals surface area contributed by atoms with Gasteiger partial charge >= 0.3 is 0 Å². The van der Waals surface area contributed by atoms with Gasteiger partial charge in [0.25, 0.3) is 10.0 Å². The van der Waals surface area contributed by atoms with Gasteiger partial charge in [0.2, 0.25) is 0 Å². The fraction of sp³-hybridized carbons (Fsp3) is 0.308. The van der Waals surface area contributed by atoms with Crippen molar-refractivity contribution < 1.29 is 12.8 Å². The lowest BCUT2D eigenvalue weighted by molar-refractivity contribution is 0.592. The summed E-state index contributed by atoms with van der Waals surface area (Å²) in [7, 11) is -3.91. The van der Waals surface area contributed by atoms with Gasteiger partial charge in [-0.05, 0) is 26.0 Å². The molecule has 0 aliphatic heterocycles. The van der Waals surface area contributed by atoms with Gasteiger partial charge in [0, 0.05) is 6.54 Å². The van der Waals surface area contributed by atoms with Crippen molar-refractivity contribution in [1.82, 2.24) is 9.78 Å². The smallest absolute Gasteiger partial charge is 0.265 e. The maximum absolute atomic E-state index is 13.6. The molecule has 0 saturated carbocycles. The van der Waals surface area contributed by atoms with E-state index in [0.29, 0.717) is 24.5 Å². The maximum atomic E-state index is 13.6. The molecule has 1 heterocycles. The van der Waals surface area contributed by atoms with Crippen molar-refractivity contribution in [2.75, 3.05) is 11.3 Å². The summed E-state index contributed by atoms with van der Waals surface area (Å²) < 4.78 is 42.3. The molecule has 0 aliphatic carbocycles. The molecule has 0 fully saturated rings. The second kappa shape index (κ2) is 5.82. The Labute approximate surface area is 122 Å². The van der Waals surface area contributed by atoms with Gasteiger partial charge in [0.05, 0.1) is 23.6 Å². The van der Waals surface area contributed by atoms with Crippen molar-refractivity contribution in [3.8, 4) is 0 Å². The number of sulfonamides is 1. The first kappa shape index (κ1) is 15.5. The Balaban J connectivity index is 2.43. The number of aryl methyl sites for hydroxylation is 1. The standard InChI is InChI=1S/C13H17FN4O2S/c1-9-13(10(2)18(16-9)8-7-15)21(19,20)17-12-6-4-3-5-11(12)14/h3-6,17H,7-8,15H2,1-2H3. The third-order valence-corrected chi connectivity index (χ3v) is 4.66. The van der Waals surface area contributed by atoms with Gasteiger partial charge in [-0.2, -0.15) is 5.10 Å². The Morgan fingerprint density at radius 3 is 2.62 bits per heavy atom. The molecule has 21 heavy (non-hydrogen) atoms. The van der Waals surface area contributed by atoms with Crippen LogP contribution in [0.25, 0.3) is 0 Å². The van der Waals surface area contributed by atoms with Crippen LogP contribution in [0.2, 0.25) is 0 Å². The van der Waals surface area contributed by atoms with E-state index in [-0.39, 0.29) is 10.6 Å². The summed E-state index contributed by atoms with van der Waals surface area (Å²) in [4.78, 5) is 0.0548. The molecule has 1 aromatic heterocycles. The van der Waals surface area contributed by atoms with Gasteiger partial charge in [0.15, 0.2) is 0 Å². The highest BCUT2D eigenvalue weighted by molar-refractivity contribution is 7.92. The van der Waals surface area contributed by atoms with Gasteiger partial charge in [-0.25, -0.2) is 12.8 Å². The molecule has 6 nitrogen and oxygen atoms in total. The molecular formula is C13H17FN4O2S. The largest absolute Gasteiger partial charge is 0.329 e. The number of hydrogen-bond acceptors (Lipinski definition) is 4. The fourth-order valence-electron chi connectivity index (χ4n) is 2.15. The van der Waals surface area contributed by atoms with Crippen LogP contribution in [-0.2, 0) is 16.6 Å². The third-order valence-electron chi connectivity index (χ3n) is 3.04. The van der Waals surface area contributed by atoms with Crippen molar-refractivity contribution in [1.29, 1.82) is 0 Å². The zero-order chi connectivity index (χ0) is 15.6. The Hall–Kier alpha value is -1.93. The third kappa shape index (κ3) is 3.06. The van der Waals surface area contributed by atoms with Crippen LogP contribution in [0.5, 0.6) is 0 Å². The minimum absolute atomic E-state index is 0.0548. The van der Waals surface area contributed by atoms with Crippen molar-refractivity contribution >= 4 is 15.7 Å². The van der Waals surface area contributed by atoms with Crippen molar-refractivity contribution in [3.63, 3.8) is 0 Å². The number of halogens is 1. The molecule has 2 aromatic rings. The first-order valence-corrected chi connectivity index (χ1v) is 7.86. The molecule has 0 atom stereocenters. The molecule has 0 aliphatic rings. The van der Waals surface area contributed by atoms with Crippen LogP contribution in [0.1, 0.15) is 11.4 Å². The van der Waals surface area contributed by atoms with Crippen LogP contribution in [0.3, 0.4) is 0 Å². The Bertz CT molecular complexity index is 756. The van der Waals surface area contributed by atoms with E-state index in [9.17, 15) is 12.8 Å². The average Bonchev–Trinajstić information content (AvgIpc) is 2.68. The van der Waals surface area contributed by atoms with Gasteiger partial charge in [-0.1, -0.05) is 12.1 Å². The molecule has 114 valence electrons. The predicted octanol–water partition coefficient (Wildman–Crippen LogP) is 1.40. The summed E-state index contributed by atoms with van der Waals surface area (Å²) in [5, 5.41) is 4.15. The van der Waals surface area contributed by atoms with E-state index in [1.54, 1.807) is 19.9 Å². The second-order valence-electron chi connectivity index (χ2n) is 4.60. The molecule has 1 aromatic carbocycles. The summed E-state index contributed by atoms with van der Waals surface area (Å²) in [5.74, 6) is -0.634. The number of para-hydroxylation sites is 1. The van der Waals surface area contributed by atoms with E-state index in [1.165, 1.54) is 22.9 Å². The van der Waals surface area contributed by atoms with Crippen LogP contribution in [0.4, 0.5) is 10.1 Å². The van der Waals surface area contributed by atoms with Crippen LogP contribution in [0.15, 0.2) is 29.2 Å². The lowest BCUT2D eigenvalue weighted by atomic mass is 10.3. The number of anilines is 1. The lowest BCUT2D eigenvalue weighted by Crippen LogP contribution is -2.16. The zero-order valence-corrected chi connectivity index (χ0v) is 12.6. The Kier molecular flexibility index (Phi) is 4.29. The summed E-state index contributed by atoms with van der Waals surface area (Å²) >= 11 is 0. The van der Waals surface area contributed by atoms with Crippen LogP contribution in [-0.4, -0.2) is 24.7 Å². The number of aromatic nitrogens is 2. The van der Waals surface area contributed by atoms with E-state index in [0.717, 1.165) is 0 Å². The fourth-order valence-corrected chi connectivity index (χ4v) is 3.63. The van der Waals surface area contributed by atoms with E-state index in [2.05, 4.69) is 9.82 Å². The SMILES string of the molecule is Cc1nn(CCN)c(C)c1S(=O)(=O)Nc1ccccc1F. The van der Waals surface area contributed by atoms with Gasteiger partial charge in [-0.3, -0.25) is 9.40 Å². The highest BCUT2D eigenvalue weighted by Gasteiger charge is 2.25. The molecule has 0 unspecified atom stereocenters. The van der Waals surface area contributed by atoms with Crippen LogP contribution < -0.4 is 10.5 Å². The first-order valence-electron chi connectivity index (χ1n) is 6.38. The Morgan fingerprint density at radius 2 is 2.00 bits per heavy atom. The summed E-state index contributed by atoms with van der Waals surface area (Å²) in [6, 6.07) is 5.60. The van der Waals surface area contributed by atoms with Gasteiger partial charge < -0.3 is 5.73 Å². The molecular weight excluding hydrogens is 295 g/mol. The molecule has 0 bridgehead atoms. The molecule has 2 rings (SSSR count). The van der Waals surface area contributed by atoms with Crippen molar-refractivity contribution in [2.45, 2.75) is 25.3 Å². The van der Waals surface area contributed by atoms with Gasteiger partial charge in [0.1, 0.15) is 10.7 Å². The number of nitrogens with one attached hydrogen (secondary N) is 1. The molecule has 0 spiro atoms. The molecule has 0 amide bonds. The van der Waals surface area contributed by atoms with E-state index >= 15 is 0 Å². The number of rotatable bonds is 5. The summed E-state index contributed by atoms with van der Waals surface area (Å²) in [5.41, 5.74) is 6.20. The highest BCUT2D eigenvalue weighted by atomic mass is 32.2. The minimum Gasteiger partial charge on any atom is -0.329 e. The monoisotopic (exact) mass is 312 g/mol. The molecule has 8 heteroatoms. The van der Waals surface area contributed by atoms with Gasteiger partial charge in [-0.15, -0.1) is 0 Å². The quantitative estimate of drug-likeness (QED) is 0.873. The number of hydrogen-bond donors (Lipinski definition) is 2. The number of nitrogens with two attached hydrogens (primary N) is 1. The number of benzene rings is 1. The van der Waals surface area contributed by atoms with Crippen LogP contribution in [0, 0.1) is 19.7 Å². The minimum atomic E-state index is -3.91. The van der Waals surface area contributed by atoms with Crippen molar-refractivity contribution in [2.24, 2.45) is 5.73 Å². The van der Waals surface area contributed by atoms with Crippen LogP contribution >= 0.6 is 0 Å². The van der Waals surface area contributed by atoms with Crippen molar-refractivity contribution in [3.05, 3.63) is 41.5 Å². The highest BCUT2D eigenvalue weighted by Crippen LogP contribution is 2.23. The predicted molar refractivity (Wildman–Crippen MR) is 78.0 cm³/mol. The van der Waals surface area contributed by atoms with E-state index in [4.69, 9.17) is 5.73 Å². The molecule has 3 N–H and O–H groups in total. The Morgan fingerprint density at radius 1 is 1.33 bits per heavy atom. The lowest BCUT2D eigenvalue weighted by Gasteiger charge is -2.09. The summed E-state index contributed by atoms with van der Waals surface area (Å²) in [6.45, 7) is 4.01. The first-order chi connectivity index (χ1) is 9.86. The normalized spacial score (nSPS) is 11.6. The topological polar surface area (TPSA) is 90.0 Å². The van der Waals surface area contributed by atoms with E-state index in [1.807, 2.05) is 0 Å². The summed E-state index contributed by atoms with van der Waals surface area (Å²) in [6.07, 6.45) is 0. The maximum Gasteiger partial charge on any atom is 0.265 e. The zero-order valence-electron chi connectivity index (χ0n) is 11.8. The average molecular weight is 312 g/mol.